The molecule has 0 fully saturated rings. The average molecular weight is 576 g/mol. The van der Waals surface area contributed by atoms with Crippen LogP contribution in [-0.2, 0) is 9.53 Å². The summed E-state index contributed by atoms with van der Waals surface area (Å²) < 4.78 is 28.0. The summed E-state index contributed by atoms with van der Waals surface area (Å²) in [6.45, 7) is 8.34. The normalized spacial score (nSPS) is 13.9. The lowest BCUT2D eigenvalue weighted by molar-refractivity contribution is -0.159. The number of benzene rings is 3. The SMILES string of the molecule is CC/C(=C(\c1ccc(OCOC(=O)C(C)(C)C)cc1)c1ccc(OCC(O)CN(C)C)cc1)c1ccc2c(c1)OCO2. The predicted molar refractivity (Wildman–Crippen MR) is 163 cm³/mol. The third kappa shape index (κ3) is 8.05. The van der Waals surface area contributed by atoms with Crippen LogP contribution < -0.4 is 18.9 Å². The molecule has 0 saturated carbocycles. The summed E-state index contributed by atoms with van der Waals surface area (Å²) in [6, 6.07) is 21.7. The average Bonchev–Trinajstić information content (AvgIpc) is 3.43. The summed E-state index contributed by atoms with van der Waals surface area (Å²) >= 11 is 0. The van der Waals surface area contributed by atoms with Crippen LogP contribution in [0.4, 0.5) is 0 Å². The molecule has 1 N–H and O–H groups in total. The van der Waals surface area contributed by atoms with Gasteiger partial charge < -0.3 is 33.7 Å². The molecule has 0 saturated heterocycles. The minimum Gasteiger partial charge on any atom is -0.491 e. The van der Waals surface area contributed by atoms with Crippen LogP contribution in [0.25, 0.3) is 11.1 Å². The summed E-state index contributed by atoms with van der Waals surface area (Å²) in [5.74, 6) is 2.43. The number of carbonyl (C=O) groups excluding carboxylic acids is 1. The van der Waals surface area contributed by atoms with Crippen molar-refractivity contribution in [2.75, 3.05) is 40.8 Å². The zero-order chi connectivity index (χ0) is 30.3. The molecule has 3 aromatic carbocycles. The number of hydrogen-bond acceptors (Lipinski definition) is 8. The Morgan fingerprint density at radius 2 is 1.45 bits per heavy atom. The molecular weight excluding hydrogens is 534 g/mol. The van der Waals surface area contributed by atoms with Crippen molar-refractivity contribution in [1.29, 1.82) is 0 Å². The van der Waals surface area contributed by atoms with E-state index < -0.39 is 11.5 Å². The monoisotopic (exact) mass is 575 g/mol. The first kappa shape index (κ1) is 30.9. The van der Waals surface area contributed by atoms with Gasteiger partial charge in [-0.3, -0.25) is 4.79 Å². The van der Waals surface area contributed by atoms with Gasteiger partial charge in [0.25, 0.3) is 0 Å². The summed E-state index contributed by atoms with van der Waals surface area (Å²) in [7, 11) is 3.83. The molecule has 1 unspecified atom stereocenters. The molecule has 8 nitrogen and oxygen atoms in total. The lowest BCUT2D eigenvalue weighted by Crippen LogP contribution is -2.30. The van der Waals surface area contributed by atoms with Crippen molar-refractivity contribution in [1.82, 2.24) is 4.90 Å². The third-order valence-corrected chi connectivity index (χ3v) is 6.71. The summed E-state index contributed by atoms with van der Waals surface area (Å²) in [5, 5.41) is 10.2. The van der Waals surface area contributed by atoms with E-state index in [9.17, 15) is 9.90 Å². The molecule has 1 atom stereocenters. The number of allylic oxidation sites excluding steroid dienone is 1. The number of esters is 1. The zero-order valence-corrected chi connectivity index (χ0v) is 25.3. The van der Waals surface area contributed by atoms with Gasteiger partial charge in [-0.25, -0.2) is 0 Å². The first-order valence-electron chi connectivity index (χ1n) is 14.1. The van der Waals surface area contributed by atoms with Gasteiger partial charge in [0.15, 0.2) is 11.5 Å². The van der Waals surface area contributed by atoms with Crippen LogP contribution in [0, 0.1) is 5.41 Å². The predicted octanol–water partition coefficient (Wildman–Crippen LogP) is 6.01. The molecule has 0 bridgehead atoms. The molecule has 0 amide bonds. The largest absolute Gasteiger partial charge is 0.491 e. The quantitative estimate of drug-likeness (QED) is 0.160. The molecule has 4 rings (SSSR count). The van der Waals surface area contributed by atoms with E-state index in [-0.39, 0.29) is 26.2 Å². The van der Waals surface area contributed by atoms with Gasteiger partial charge in [0.05, 0.1) is 5.41 Å². The minimum atomic E-state index is -0.592. The van der Waals surface area contributed by atoms with Crippen molar-refractivity contribution in [3.63, 3.8) is 0 Å². The molecule has 1 aliphatic rings. The number of nitrogens with zero attached hydrogens (tertiary/aromatic N) is 1. The Balaban J connectivity index is 1.62. The molecule has 0 radical (unpaired) electrons. The first-order chi connectivity index (χ1) is 20.0. The molecule has 1 aliphatic heterocycles. The van der Waals surface area contributed by atoms with Gasteiger partial charge in [0, 0.05) is 6.54 Å². The van der Waals surface area contributed by atoms with E-state index in [4.69, 9.17) is 23.7 Å². The lowest BCUT2D eigenvalue weighted by Gasteiger charge is -2.19. The highest BCUT2D eigenvalue weighted by molar-refractivity contribution is 5.99. The van der Waals surface area contributed by atoms with E-state index in [1.807, 2.05) is 79.7 Å². The molecule has 1 heterocycles. The topological polar surface area (TPSA) is 86.7 Å². The fourth-order valence-electron chi connectivity index (χ4n) is 4.59. The Morgan fingerprint density at radius 3 is 2.02 bits per heavy atom. The van der Waals surface area contributed by atoms with Crippen molar-refractivity contribution in [2.45, 2.75) is 40.2 Å². The molecule has 0 spiro atoms. The minimum absolute atomic E-state index is 0.153. The number of carbonyl (C=O) groups is 1. The van der Waals surface area contributed by atoms with Crippen molar-refractivity contribution >= 4 is 17.1 Å². The van der Waals surface area contributed by atoms with E-state index in [1.165, 1.54) is 0 Å². The highest BCUT2D eigenvalue weighted by Crippen LogP contribution is 2.40. The van der Waals surface area contributed by atoms with Crippen LogP contribution in [0.1, 0.15) is 50.8 Å². The zero-order valence-electron chi connectivity index (χ0n) is 25.3. The maximum absolute atomic E-state index is 12.1. The van der Waals surface area contributed by atoms with E-state index in [0.717, 1.165) is 45.8 Å². The Bertz CT molecular complexity index is 1370. The van der Waals surface area contributed by atoms with Crippen LogP contribution >= 0.6 is 0 Å². The summed E-state index contributed by atoms with van der Waals surface area (Å²) in [5.41, 5.74) is 4.65. The lowest BCUT2D eigenvalue weighted by atomic mass is 9.88. The first-order valence-corrected chi connectivity index (χ1v) is 14.1. The van der Waals surface area contributed by atoms with E-state index in [2.05, 4.69) is 13.0 Å². The summed E-state index contributed by atoms with van der Waals surface area (Å²) in [4.78, 5) is 14.0. The second-order valence-corrected chi connectivity index (χ2v) is 11.5. The maximum atomic E-state index is 12.1. The van der Waals surface area contributed by atoms with E-state index in [0.29, 0.717) is 18.0 Å². The van der Waals surface area contributed by atoms with Crippen LogP contribution in [0.15, 0.2) is 66.7 Å². The number of aliphatic hydroxyl groups excluding tert-OH is 1. The second kappa shape index (κ2) is 13.8. The van der Waals surface area contributed by atoms with Crippen molar-refractivity contribution in [3.05, 3.63) is 83.4 Å². The van der Waals surface area contributed by atoms with E-state index >= 15 is 0 Å². The number of hydrogen-bond donors (Lipinski definition) is 1. The second-order valence-electron chi connectivity index (χ2n) is 11.5. The molecule has 0 aliphatic carbocycles. The van der Waals surface area contributed by atoms with Gasteiger partial charge >= 0.3 is 5.97 Å². The molecule has 3 aromatic rings. The maximum Gasteiger partial charge on any atom is 0.314 e. The summed E-state index contributed by atoms with van der Waals surface area (Å²) in [6.07, 6.45) is 0.191. The van der Waals surface area contributed by atoms with Gasteiger partial charge in [-0.05, 0) is 106 Å². The van der Waals surface area contributed by atoms with E-state index in [1.54, 1.807) is 20.8 Å². The number of fused-ring (bicyclic) bond motifs is 1. The van der Waals surface area contributed by atoms with Crippen LogP contribution in [0.3, 0.4) is 0 Å². The Morgan fingerprint density at radius 1 is 0.881 bits per heavy atom. The van der Waals surface area contributed by atoms with Crippen LogP contribution in [-0.4, -0.2) is 62.9 Å². The number of aliphatic hydroxyl groups is 1. The highest BCUT2D eigenvalue weighted by Gasteiger charge is 2.23. The Hall–Kier alpha value is -4.01. The molecular formula is C34H41NO7. The fourth-order valence-corrected chi connectivity index (χ4v) is 4.59. The molecule has 42 heavy (non-hydrogen) atoms. The van der Waals surface area contributed by atoms with Crippen molar-refractivity contribution in [3.8, 4) is 23.0 Å². The molecule has 8 heteroatoms. The molecule has 0 aromatic heterocycles. The van der Waals surface area contributed by atoms with Crippen molar-refractivity contribution in [2.24, 2.45) is 5.41 Å². The molecule has 224 valence electrons. The van der Waals surface area contributed by atoms with Gasteiger partial charge in [0.1, 0.15) is 24.2 Å². The number of likely N-dealkylation sites (N-methyl/N-ethyl adjacent to an activating group) is 1. The third-order valence-electron chi connectivity index (χ3n) is 6.71. The van der Waals surface area contributed by atoms with Gasteiger partial charge in [-0.1, -0.05) is 37.3 Å². The number of rotatable bonds is 12. The van der Waals surface area contributed by atoms with Gasteiger partial charge in [-0.15, -0.1) is 0 Å². The fraction of sp³-hybridized carbons (Fsp3) is 0.382. The Labute approximate surface area is 248 Å². The van der Waals surface area contributed by atoms with Gasteiger partial charge in [-0.2, -0.15) is 0 Å². The van der Waals surface area contributed by atoms with Crippen LogP contribution in [0.5, 0.6) is 23.0 Å². The van der Waals surface area contributed by atoms with Crippen LogP contribution in [0.2, 0.25) is 0 Å². The highest BCUT2D eigenvalue weighted by atomic mass is 16.7. The standard InChI is InChI=1S/C34H41NO7/c1-7-29(25-12-17-30-31(18-25)41-22-40-30)32(23-8-13-27(14-9-23)38-20-26(36)19-35(5)6)24-10-15-28(16-11-24)39-21-42-33(37)34(2,3)4/h8-18,26,36H,7,19-22H2,1-6H3/b32-29+. The Kier molecular flexibility index (Phi) is 10.1. The van der Waals surface area contributed by atoms with Crippen molar-refractivity contribution < 1.29 is 33.6 Å². The smallest absolute Gasteiger partial charge is 0.314 e. The number of ether oxygens (including phenoxy) is 5. The van der Waals surface area contributed by atoms with Gasteiger partial charge in [0.2, 0.25) is 13.6 Å².